The number of aromatic amines is 1. The van der Waals surface area contributed by atoms with E-state index in [9.17, 15) is 0 Å². The van der Waals surface area contributed by atoms with E-state index >= 15 is 0 Å². The molecule has 0 saturated heterocycles. The summed E-state index contributed by atoms with van der Waals surface area (Å²) in [6, 6.07) is 2.07. The Labute approximate surface area is 92.2 Å². The predicted octanol–water partition coefficient (Wildman–Crippen LogP) is 1.98. The monoisotopic (exact) mass is 223 g/mol. The number of hydrogen-bond donors (Lipinski definition) is 2. The molecule has 2 N–H and O–H groups in total. The molecule has 0 bridgehead atoms. The summed E-state index contributed by atoms with van der Waals surface area (Å²) < 4.78 is 0. The summed E-state index contributed by atoms with van der Waals surface area (Å²) in [4.78, 5) is 6.21. The molecule has 0 aromatic carbocycles. The number of aryl methyl sites for hydroxylation is 1. The molecule has 0 unspecified atom stereocenters. The molecule has 0 fully saturated rings. The van der Waals surface area contributed by atoms with E-state index in [0.717, 1.165) is 11.6 Å². The molecular formula is C9H13N5S. The van der Waals surface area contributed by atoms with Gasteiger partial charge < -0.3 is 10.2 Å². The lowest BCUT2D eigenvalue weighted by atomic mass is 10.4. The van der Waals surface area contributed by atoms with Crippen molar-refractivity contribution < 1.29 is 0 Å². The van der Waals surface area contributed by atoms with Gasteiger partial charge in [-0.15, -0.1) is 21.5 Å². The van der Waals surface area contributed by atoms with Gasteiger partial charge in [-0.3, -0.25) is 4.98 Å². The Morgan fingerprint density at radius 3 is 2.73 bits per heavy atom. The molecule has 0 aliphatic heterocycles. The van der Waals surface area contributed by atoms with Crippen molar-refractivity contribution in [2.45, 2.75) is 6.92 Å². The standard InChI is InChI=1S/C9H13N5S/c1-6-4-7(5-15-6)10-8-11-9(13-12-8)14(2)3/h4-5H,1-3H3,(H2,10,11,12,13). The highest BCUT2D eigenvalue weighted by Crippen LogP contribution is 2.21. The van der Waals surface area contributed by atoms with Crippen LogP contribution in [0.15, 0.2) is 11.4 Å². The van der Waals surface area contributed by atoms with Crippen molar-refractivity contribution in [1.29, 1.82) is 0 Å². The second-order valence-electron chi connectivity index (χ2n) is 3.46. The summed E-state index contributed by atoms with van der Waals surface area (Å²) in [5.41, 5.74) is 1.04. The number of thiophene rings is 1. The van der Waals surface area contributed by atoms with Gasteiger partial charge in [-0.25, -0.2) is 0 Å². The lowest BCUT2D eigenvalue weighted by Crippen LogP contribution is -2.10. The molecule has 0 atom stereocenters. The minimum Gasteiger partial charge on any atom is -0.347 e. The molecule has 0 radical (unpaired) electrons. The minimum absolute atomic E-state index is 0.663. The summed E-state index contributed by atoms with van der Waals surface area (Å²) in [7, 11) is 3.83. The van der Waals surface area contributed by atoms with Crippen LogP contribution in [0.2, 0.25) is 0 Å². The molecule has 2 rings (SSSR count). The summed E-state index contributed by atoms with van der Waals surface area (Å²) >= 11 is 1.70. The first-order valence-corrected chi connectivity index (χ1v) is 5.45. The van der Waals surface area contributed by atoms with Gasteiger partial charge in [-0.05, 0) is 13.0 Å². The molecule has 0 amide bonds. The van der Waals surface area contributed by atoms with E-state index in [1.54, 1.807) is 11.3 Å². The van der Waals surface area contributed by atoms with Crippen molar-refractivity contribution in [2.24, 2.45) is 0 Å². The highest BCUT2D eigenvalue weighted by Gasteiger charge is 2.04. The first-order chi connectivity index (χ1) is 7.15. The van der Waals surface area contributed by atoms with Crippen molar-refractivity contribution in [3.8, 4) is 0 Å². The smallest absolute Gasteiger partial charge is 0.227 e. The molecule has 0 saturated carbocycles. The molecule has 80 valence electrons. The van der Waals surface area contributed by atoms with Gasteiger partial charge in [0.05, 0.1) is 5.69 Å². The van der Waals surface area contributed by atoms with E-state index in [2.05, 4.69) is 33.5 Å². The van der Waals surface area contributed by atoms with Gasteiger partial charge in [0.15, 0.2) is 0 Å². The maximum absolute atomic E-state index is 3.99. The Bertz CT molecular complexity index is 445. The summed E-state index contributed by atoms with van der Waals surface area (Å²) in [5.74, 6) is 1.40. The Kier molecular flexibility index (Phi) is 2.59. The van der Waals surface area contributed by atoms with Crippen LogP contribution in [0.3, 0.4) is 0 Å². The zero-order valence-corrected chi connectivity index (χ0v) is 9.72. The van der Waals surface area contributed by atoms with Gasteiger partial charge in [-0.2, -0.15) is 0 Å². The normalized spacial score (nSPS) is 10.3. The van der Waals surface area contributed by atoms with Crippen LogP contribution < -0.4 is 10.2 Å². The number of nitrogens with zero attached hydrogens (tertiary/aromatic N) is 3. The quantitative estimate of drug-likeness (QED) is 0.835. The Morgan fingerprint density at radius 1 is 1.40 bits per heavy atom. The number of hydrogen-bond acceptors (Lipinski definition) is 5. The van der Waals surface area contributed by atoms with Gasteiger partial charge in [0.2, 0.25) is 11.9 Å². The maximum atomic E-state index is 3.99. The largest absolute Gasteiger partial charge is 0.347 e. The third-order valence-electron chi connectivity index (χ3n) is 1.89. The third kappa shape index (κ3) is 2.27. The number of anilines is 3. The molecule has 2 heterocycles. The van der Waals surface area contributed by atoms with Crippen LogP contribution in [0.1, 0.15) is 4.88 Å². The molecule has 0 aliphatic rings. The SMILES string of the molecule is Cc1cc(Nc2nnc(N(C)C)[nH]2)cs1. The van der Waals surface area contributed by atoms with E-state index in [-0.39, 0.29) is 0 Å². The van der Waals surface area contributed by atoms with Crippen LogP contribution in [-0.2, 0) is 0 Å². The van der Waals surface area contributed by atoms with Crippen molar-refractivity contribution in [1.82, 2.24) is 15.2 Å². The number of nitrogens with one attached hydrogen (secondary N) is 2. The van der Waals surface area contributed by atoms with Crippen LogP contribution in [0, 0.1) is 6.92 Å². The van der Waals surface area contributed by atoms with E-state index in [1.807, 2.05) is 24.4 Å². The summed E-state index contributed by atoms with van der Waals surface area (Å²) in [6.07, 6.45) is 0. The lowest BCUT2D eigenvalue weighted by molar-refractivity contribution is 0.999. The molecule has 2 aromatic rings. The van der Waals surface area contributed by atoms with Crippen LogP contribution in [0.4, 0.5) is 17.6 Å². The average Bonchev–Trinajstić information content (AvgIpc) is 2.76. The molecule has 2 aromatic heterocycles. The zero-order valence-electron chi connectivity index (χ0n) is 8.90. The first kappa shape index (κ1) is 9.97. The fraction of sp³-hybridized carbons (Fsp3) is 0.333. The third-order valence-corrected chi connectivity index (χ3v) is 2.75. The number of rotatable bonds is 3. The Hall–Kier alpha value is -1.56. The van der Waals surface area contributed by atoms with Gasteiger partial charge >= 0.3 is 0 Å². The number of aromatic nitrogens is 3. The van der Waals surface area contributed by atoms with Crippen molar-refractivity contribution in [2.75, 3.05) is 24.3 Å². The second-order valence-corrected chi connectivity index (χ2v) is 4.58. The van der Waals surface area contributed by atoms with E-state index in [4.69, 9.17) is 0 Å². The van der Waals surface area contributed by atoms with Gasteiger partial charge in [-0.1, -0.05) is 0 Å². The zero-order chi connectivity index (χ0) is 10.8. The molecule has 15 heavy (non-hydrogen) atoms. The van der Waals surface area contributed by atoms with Crippen LogP contribution >= 0.6 is 11.3 Å². The van der Waals surface area contributed by atoms with Crippen LogP contribution in [-0.4, -0.2) is 29.3 Å². The Balaban J connectivity index is 2.11. The fourth-order valence-corrected chi connectivity index (χ4v) is 1.79. The van der Waals surface area contributed by atoms with E-state index in [1.165, 1.54) is 4.88 Å². The van der Waals surface area contributed by atoms with Crippen molar-refractivity contribution >= 4 is 28.9 Å². The molecule has 6 heteroatoms. The molecular weight excluding hydrogens is 210 g/mol. The fourth-order valence-electron chi connectivity index (χ4n) is 1.16. The number of H-pyrrole nitrogens is 1. The van der Waals surface area contributed by atoms with Gasteiger partial charge in [0, 0.05) is 24.4 Å². The minimum atomic E-state index is 0.663. The highest BCUT2D eigenvalue weighted by molar-refractivity contribution is 7.10. The molecule has 0 aliphatic carbocycles. The van der Waals surface area contributed by atoms with Gasteiger partial charge in [0.1, 0.15) is 0 Å². The van der Waals surface area contributed by atoms with Gasteiger partial charge in [0.25, 0.3) is 0 Å². The van der Waals surface area contributed by atoms with Crippen LogP contribution in [0.5, 0.6) is 0 Å². The summed E-state index contributed by atoms with van der Waals surface area (Å²) in [5, 5.41) is 13.2. The topological polar surface area (TPSA) is 56.8 Å². The lowest BCUT2D eigenvalue weighted by Gasteiger charge is -2.04. The molecule has 5 nitrogen and oxygen atoms in total. The van der Waals surface area contributed by atoms with E-state index in [0.29, 0.717) is 5.95 Å². The van der Waals surface area contributed by atoms with E-state index < -0.39 is 0 Å². The molecule has 0 spiro atoms. The van der Waals surface area contributed by atoms with Crippen molar-refractivity contribution in [3.63, 3.8) is 0 Å². The predicted molar refractivity (Wildman–Crippen MR) is 63.0 cm³/mol. The summed E-state index contributed by atoms with van der Waals surface area (Å²) in [6.45, 7) is 2.07. The average molecular weight is 223 g/mol. The maximum Gasteiger partial charge on any atom is 0.227 e. The Morgan fingerprint density at radius 2 is 2.20 bits per heavy atom. The highest BCUT2D eigenvalue weighted by atomic mass is 32.1. The second kappa shape index (κ2) is 3.90. The van der Waals surface area contributed by atoms with Crippen molar-refractivity contribution in [3.05, 3.63) is 16.3 Å². The first-order valence-electron chi connectivity index (χ1n) is 4.57. The van der Waals surface area contributed by atoms with Crippen LogP contribution in [0.25, 0.3) is 0 Å².